The van der Waals surface area contributed by atoms with Crippen LogP contribution in [0.5, 0.6) is 0 Å². The molecule has 2 aromatic rings. The third-order valence-corrected chi connectivity index (χ3v) is 3.36. The Bertz CT molecular complexity index is 684. The van der Waals surface area contributed by atoms with Gasteiger partial charge in [-0.2, -0.15) is 4.68 Å². The van der Waals surface area contributed by atoms with Crippen LogP contribution in [0, 0.1) is 0 Å². The molecule has 88 valence electrons. The van der Waals surface area contributed by atoms with Gasteiger partial charge in [0.1, 0.15) is 0 Å². The molecule has 1 aromatic carbocycles. The topological polar surface area (TPSA) is 97.7 Å². The highest BCUT2D eigenvalue weighted by molar-refractivity contribution is 7.94. The minimum Gasteiger partial charge on any atom is -0.244 e. The lowest BCUT2D eigenvalue weighted by molar-refractivity contribution is 0.604. The second kappa shape index (κ2) is 4.34. The maximum Gasteiger partial charge on any atom is 0.365 e. The average Bonchev–Trinajstić information content (AvgIpc) is 2.74. The van der Waals surface area contributed by atoms with E-state index in [-0.39, 0.29) is 4.90 Å². The van der Waals surface area contributed by atoms with Crippen LogP contribution in [0.15, 0.2) is 45.4 Å². The van der Waals surface area contributed by atoms with E-state index in [1.165, 1.54) is 12.1 Å². The summed E-state index contributed by atoms with van der Waals surface area (Å²) in [5.74, 6) is 0. The fourth-order valence-electron chi connectivity index (χ4n) is 1.13. The quantitative estimate of drug-likeness (QED) is 0.820. The number of tetrazole rings is 1. The van der Waals surface area contributed by atoms with Gasteiger partial charge in [0.05, 0.1) is 10.3 Å². The van der Waals surface area contributed by atoms with Gasteiger partial charge in [0.15, 0.2) is 0 Å². The van der Waals surface area contributed by atoms with Crippen molar-refractivity contribution in [1.82, 2.24) is 20.2 Å². The molecule has 0 radical (unpaired) electrons. The molecule has 0 amide bonds. The van der Waals surface area contributed by atoms with Gasteiger partial charge < -0.3 is 0 Å². The lowest BCUT2D eigenvalue weighted by Crippen LogP contribution is -2.13. The Morgan fingerprint density at radius 3 is 2.53 bits per heavy atom. The summed E-state index contributed by atoms with van der Waals surface area (Å²) in [6.45, 7) is 0. The van der Waals surface area contributed by atoms with Crippen molar-refractivity contribution in [2.75, 3.05) is 0 Å². The zero-order valence-electron chi connectivity index (χ0n) is 8.52. The summed E-state index contributed by atoms with van der Waals surface area (Å²) in [7, 11) is -3.58. The first-order valence-electron chi connectivity index (χ1n) is 4.58. The smallest absolute Gasteiger partial charge is 0.244 e. The maximum absolute atomic E-state index is 11.8. The van der Waals surface area contributed by atoms with Gasteiger partial charge in [-0.1, -0.05) is 18.2 Å². The van der Waals surface area contributed by atoms with Crippen LogP contribution in [-0.2, 0) is 9.84 Å². The van der Waals surface area contributed by atoms with Crippen molar-refractivity contribution in [3.63, 3.8) is 0 Å². The molecule has 17 heavy (non-hydrogen) atoms. The summed E-state index contributed by atoms with van der Waals surface area (Å²) in [5.41, 5.74) is -0.607. The Labute approximate surface area is 96.3 Å². The maximum atomic E-state index is 11.8. The number of aromatic nitrogens is 4. The normalized spacial score (nSPS) is 12.0. The molecule has 7 nitrogen and oxygen atoms in total. The van der Waals surface area contributed by atoms with E-state index in [0.29, 0.717) is 0 Å². The number of hydrogen-bond donors (Lipinski definition) is 1. The molecule has 1 aromatic heterocycles. The molecular weight excluding hydrogens is 244 g/mol. The molecule has 0 unspecified atom stereocenters. The fraction of sp³-hybridized carbons (Fsp3) is 0. The number of H-pyrrole nitrogens is 1. The van der Waals surface area contributed by atoms with Crippen LogP contribution in [-0.4, -0.2) is 28.6 Å². The standard InChI is InChI=1S/C9H8N4O3S/c14-9-10-11-12-13(9)6-7-17(15,16)8-4-2-1-3-5-8/h1-7H,(H,10,12,14)/b7-6+. The lowest BCUT2D eigenvalue weighted by atomic mass is 10.4. The molecule has 0 fully saturated rings. The SMILES string of the molecule is O=c1[nH]nnn1/C=C/S(=O)(=O)c1ccccc1. The number of nitrogens with one attached hydrogen (secondary N) is 1. The van der Waals surface area contributed by atoms with Gasteiger partial charge in [-0.15, -0.1) is 0 Å². The number of nitrogens with zero attached hydrogens (tertiary/aromatic N) is 3. The third kappa shape index (κ3) is 2.48. The van der Waals surface area contributed by atoms with Gasteiger partial charge in [-0.05, 0) is 22.6 Å². The van der Waals surface area contributed by atoms with E-state index < -0.39 is 15.5 Å². The van der Waals surface area contributed by atoms with E-state index in [2.05, 4.69) is 10.4 Å². The van der Waals surface area contributed by atoms with Crippen LogP contribution in [0.3, 0.4) is 0 Å². The Morgan fingerprint density at radius 2 is 1.94 bits per heavy atom. The molecule has 0 aliphatic rings. The van der Waals surface area contributed by atoms with E-state index in [0.717, 1.165) is 16.3 Å². The summed E-state index contributed by atoms with van der Waals surface area (Å²) in [5, 5.41) is 9.52. The molecule has 0 bridgehead atoms. The largest absolute Gasteiger partial charge is 0.365 e. The van der Waals surface area contributed by atoms with E-state index in [4.69, 9.17) is 0 Å². The first kappa shape index (κ1) is 11.3. The zero-order valence-corrected chi connectivity index (χ0v) is 9.33. The second-order valence-electron chi connectivity index (χ2n) is 3.09. The van der Waals surface area contributed by atoms with Gasteiger partial charge in [0, 0.05) is 6.20 Å². The van der Waals surface area contributed by atoms with Gasteiger partial charge in [-0.25, -0.2) is 18.3 Å². The number of aromatic amines is 1. The minimum absolute atomic E-state index is 0.146. The lowest BCUT2D eigenvalue weighted by Gasteiger charge is -1.96. The predicted molar refractivity (Wildman–Crippen MR) is 59.6 cm³/mol. The third-order valence-electron chi connectivity index (χ3n) is 1.95. The van der Waals surface area contributed by atoms with E-state index >= 15 is 0 Å². The molecule has 0 saturated carbocycles. The summed E-state index contributed by atoms with van der Waals surface area (Å²) in [6.07, 6.45) is 1.04. The molecule has 0 saturated heterocycles. The van der Waals surface area contributed by atoms with Crippen molar-refractivity contribution >= 4 is 16.0 Å². The highest BCUT2D eigenvalue weighted by atomic mass is 32.2. The van der Waals surface area contributed by atoms with Gasteiger partial charge >= 0.3 is 5.69 Å². The highest BCUT2D eigenvalue weighted by Gasteiger charge is 2.09. The first-order chi connectivity index (χ1) is 8.09. The monoisotopic (exact) mass is 252 g/mol. The van der Waals surface area contributed by atoms with Crippen molar-refractivity contribution in [3.05, 3.63) is 46.2 Å². The number of sulfone groups is 1. The Morgan fingerprint density at radius 1 is 1.24 bits per heavy atom. The average molecular weight is 252 g/mol. The molecule has 8 heteroatoms. The van der Waals surface area contributed by atoms with E-state index in [1.54, 1.807) is 18.2 Å². The molecule has 2 rings (SSSR count). The second-order valence-corrected chi connectivity index (χ2v) is 4.93. The molecule has 0 atom stereocenters. The Kier molecular flexibility index (Phi) is 2.88. The Hall–Kier alpha value is -2.22. The van der Waals surface area contributed by atoms with Gasteiger partial charge in [0.2, 0.25) is 9.84 Å². The van der Waals surface area contributed by atoms with Gasteiger partial charge in [-0.3, -0.25) is 0 Å². The van der Waals surface area contributed by atoms with Crippen molar-refractivity contribution in [1.29, 1.82) is 0 Å². The van der Waals surface area contributed by atoms with Crippen LogP contribution in [0.25, 0.3) is 6.20 Å². The first-order valence-corrected chi connectivity index (χ1v) is 6.12. The van der Waals surface area contributed by atoms with Crippen molar-refractivity contribution in [3.8, 4) is 0 Å². The Balaban J connectivity index is 2.34. The molecule has 0 spiro atoms. The minimum atomic E-state index is -3.58. The van der Waals surface area contributed by atoms with E-state index in [9.17, 15) is 13.2 Å². The molecular formula is C9H8N4O3S. The van der Waals surface area contributed by atoms with E-state index in [1.807, 2.05) is 5.10 Å². The molecule has 0 aliphatic carbocycles. The summed E-state index contributed by atoms with van der Waals surface area (Å²) < 4.78 is 24.3. The predicted octanol–water partition coefficient (Wildman–Crippen LogP) is -0.132. The van der Waals surface area contributed by atoms with Crippen molar-refractivity contribution in [2.24, 2.45) is 0 Å². The summed E-state index contributed by atoms with van der Waals surface area (Å²) in [4.78, 5) is 11.2. The van der Waals surface area contributed by atoms with Crippen LogP contribution in [0.2, 0.25) is 0 Å². The summed E-state index contributed by atoms with van der Waals surface area (Å²) >= 11 is 0. The van der Waals surface area contributed by atoms with Crippen LogP contribution < -0.4 is 5.69 Å². The van der Waals surface area contributed by atoms with Crippen LogP contribution >= 0.6 is 0 Å². The van der Waals surface area contributed by atoms with Crippen molar-refractivity contribution in [2.45, 2.75) is 4.90 Å². The van der Waals surface area contributed by atoms with Crippen LogP contribution in [0.4, 0.5) is 0 Å². The van der Waals surface area contributed by atoms with Crippen molar-refractivity contribution < 1.29 is 8.42 Å². The molecule has 1 N–H and O–H groups in total. The fourth-order valence-corrected chi connectivity index (χ4v) is 2.10. The molecule has 0 aliphatic heterocycles. The number of benzene rings is 1. The highest BCUT2D eigenvalue weighted by Crippen LogP contribution is 2.10. The number of hydrogen-bond acceptors (Lipinski definition) is 5. The number of rotatable bonds is 3. The molecule has 1 heterocycles. The summed E-state index contributed by atoms with van der Waals surface area (Å²) in [6, 6.07) is 7.87. The van der Waals surface area contributed by atoms with Gasteiger partial charge in [0.25, 0.3) is 0 Å². The zero-order chi connectivity index (χ0) is 12.3. The van der Waals surface area contributed by atoms with Crippen LogP contribution in [0.1, 0.15) is 0 Å².